The average molecular weight is 317 g/mol. The minimum atomic E-state index is -5.24. The lowest BCUT2D eigenvalue weighted by molar-refractivity contribution is -0.193. The molecular weight excluding hydrogens is 311 g/mol. The van der Waals surface area contributed by atoms with Gasteiger partial charge in [0.2, 0.25) is 5.01 Å². The van der Waals surface area contributed by atoms with E-state index >= 15 is 0 Å². The van der Waals surface area contributed by atoms with Crippen molar-refractivity contribution in [2.24, 2.45) is 0 Å². The fraction of sp³-hybridized carbons (Fsp3) is 0.182. The van der Waals surface area contributed by atoms with Gasteiger partial charge in [-0.3, -0.25) is 0 Å². The van der Waals surface area contributed by atoms with E-state index in [4.69, 9.17) is 0 Å². The normalized spacial score (nSPS) is 11.2. The SMILES string of the molecule is Cc1ncc(-c2cnc(C(=O)OC(=O)C(F)(F)F)s2)cn1. The summed E-state index contributed by atoms with van der Waals surface area (Å²) >= 11 is 0.767. The zero-order valence-corrected chi connectivity index (χ0v) is 11.2. The lowest BCUT2D eigenvalue weighted by Crippen LogP contribution is -2.27. The lowest BCUT2D eigenvalue weighted by atomic mass is 10.3. The van der Waals surface area contributed by atoms with Crippen molar-refractivity contribution in [2.75, 3.05) is 0 Å². The summed E-state index contributed by atoms with van der Waals surface area (Å²) < 4.78 is 39.6. The van der Waals surface area contributed by atoms with E-state index in [1.807, 2.05) is 0 Å². The average Bonchev–Trinajstić information content (AvgIpc) is 2.88. The molecule has 0 bridgehead atoms. The van der Waals surface area contributed by atoms with E-state index in [0.717, 1.165) is 11.3 Å². The van der Waals surface area contributed by atoms with Crippen molar-refractivity contribution in [3.8, 4) is 10.4 Å². The quantitative estimate of drug-likeness (QED) is 0.623. The molecular formula is C11H6F3N3O3S. The molecule has 0 aromatic carbocycles. The molecule has 0 aliphatic carbocycles. The number of rotatable bonds is 2. The number of aryl methyl sites for hydroxylation is 1. The number of aromatic nitrogens is 3. The second-order valence-corrected chi connectivity index (χ2v) is 4.75. The Kier molecular flexibility index (Phi) is 3.98. The van der Waals surface area contributed by atoms with Crippen LogP contribution in [-0.2, 0) is 9.53 Å². The number of hydrogen-bond acceptors (Lipinski definition) is 7. The Hall–Kier alpha value is -2.36. The number of carbonyl (C=O) groups is 2. The second kappa shape index (κ2) is 5.56. The van der Waals surface area contributed by atoms with Gasteiger partial charge in [-0.05, 0) is 6.92 Å². The topological polar surface area (TPSA) is 82.0 Å². The van der Waals surface area contributed by atoms with E-state index < -0.39 is 18.1 Å². The number of carbonyl (C=O) groups excluding carboxylic acids is 2. The molecule has 21 heavy (non-hydrogen) atoms. The summed E-state index contributed by atoms with van der Waals surface area (Å²) in [7, 11) is 0. The zero-order chi connectivity index (χ0) is 15.6. The van der Waals surface area contributed by atoms with Crippen LogP contribution in [0.3, 0.4) is 0 Å². The monoisotopic (exact) mass is 317 g/mol. The summed E-state index contributed by atoms with van der Waals surface area (Å²) in [6.45, 7) is 1.68. The van der Waals surface area contributed by atoms with Gasteiger partial charge in [0.05, 0.1) is 4.88 Å². The van der Waals surface area contributed by atoms with Crippen molar-refractivity contribution in [1.29, 1.82) is 0 Å². The van der Waals surface area contributed by atoms with Gasteiger partial charge < -0.3 is 4.74 Å². The van der Waals surface area contributed by atoms with Crippen molar-refractivity contribution in [2.45, 2.75) is 13.1 Å². The van der Waals surface area contributed by atoms with Crippen LogP contribution in [0.1, 0.15) is 15.6 Å². The minimum Gasteiger partial charge on any atom is -0.381 e. The molecule has 2 rings (SSSR count). The Labute approximate surface area is 119 Å². The maximum atomic E-state index is 12.0. The van der Waals surface area contributed by atoms with Crippen LogP contribution < -0.4 is 0 Å². The minimum absolute atomic E-state index is 0.372. The van der Waals surface area contributed by atoms with Gasteiger partial charge in [0.1, 0.15) is 5.82 Å². The number of halogens is 3. The highest BCUT2D eigenvalue weighted by Gasteiger charge is 2.42. The van der Waals surface area contributed by atoms with E-state index in [9.17, 15) is 22.8 Å². The smallest absolute Gasteiger partial charge is 0.381 e. The first-order valence-electron chi connectivity index (χ1n) is 5.35. The first-order valence-corrected chi connectivity index (χ1v) is 6.17. The van der Waals surface area contributed by atoms with Crippen molar-refractivity contribution in [3.05, 3.63) is 29.4 Å². The van der Waals surface area contributed by atoms with Gasteiger partial charge in [-0.25, -0.2) is 24.5 Å². The van der Waals surface area contributed by atoms with Gasteiger partial charge in [0.25, 0.3) is 0 Å². The van der Waals surface area contributed by atoms with E-state index in [1.165, 1.54) is 18.6 Å². The van der Waals surface area contributed by atoms with E-state index in [2.05, 4.69) is 19.7 Å². The summed E-state index contributed by atoms with van der Waals surface area (Å²) in [4.78, 5) is 33.9. The fourth-order valence-electron chi connectivity index (χ4n) is 1.21. The molecule has 0 amide bonds. The predicted octanol–water partition coefficient (Wildman–Crippen LogP) is 2.15. The molecule has 0 fully saturated rings. The molecule has 0 N–H and O–H groups in total. The molecule has 6 nitrogen and oxygen atoms in total. The second-order valence-electron chi connectivity index (χ2n) is 3.72. The number of nitrogens with zero attached hydrogens (tertiary/aromatic N) is 3. The van der Waals surface area contributed by atoms with E-state index in [1.54, 1.807) is 6.92 Å². The Morgan fingerprint density at radius 1 is 1.14 bits per heavy atom. The third-order valence-electron chi connectivity index (χ3n) is 2.16. The van der Waals surface area contributed by atoms with Crippen LogP contribution in [0.15, 0.2) is 18.6 Å². The maximum absolute atomic E-state index is 12.0. The summed E-state index contributed by atoms with van der Waals surface area (Å²) in [6, 6.07) is 0. The summed E-state index contributed by atoms with van der Waals surface area (Å²) in [5, 5.41) is -0.372. The molecule has 110 valence electrons. The molecule has 0 saturated carbocycles. The van der Waals surface area contributed by atoms with Gasteiger partial charge in [0, 0.05) is 24.2 Å². The summed E-state index contributed by atoms with van der Waals surface area (Å²) in [6.07, 6.45) is -1.02. The Morgan fingerprint density at radius 3 is 2.33 bits per heavy atom. The Bertz CT molecular complexity index is 682. The molecule has 0 atom stereocenters. The number of esters is 2. The molecule has 0 aliphatic rings. The van der Waals surface area contributed by atoms with Gasteiger partial charge in [-0.15, -0.1) is 11.3 Å². The third kappa shape index (κ3) is 3.60. The standard InChI is InChI=1S/C11H6F3N3O3S/c1-5-15-2-6(3-16-5)7-4-17-8(21-7)9(18)20-10(19)11(12,13)14/h2-4H,1H3. The van der Waals surface area contributed by atoms with E-state index in [-0.39, 0.29) is 5.01 Å². The van der Waals surface area contributed by atoms with Crippen LogP contribution >= 0.6 is 11.3 Å². The van der Waals surface area contributed by atoms with Crippen LogP contribution in [0.25, 0.3) is 10.4 Å². The molecule has 2 aromatic heterocycles. The molecule has 2 heterocycles. The molecule has 0 aliphatic heterocycles. The van der Waals surface area contributed by atoms with Crippen molar-refractivity contribution >= 4 is 23.3 Å². The highest BCUT2D eigenvalue weighted by Crippen LogP contribution is 2.26. The van der Waals surface area contributed by atoms with Gasteiger partial charge in [-0.1, -0.05) is 0 Å². The van der Waals surface area contributed by atoms with Crippen LogP contribution in [0, 0.1) is 6.92 Å². The Balaban J connectivity index is 2.14. The largest absolute Gasteiger partial charge is 0.491 e. The van der Waals surface area contributed by atoms with Crippen molar-refractivity contribution in [3.63, 3.8) is 0 Å². The molecule has 0 spiro atoms. The Morgan fingerprint density at radius 2 is 1.76 bits per heavy atom. The lowest BCUT2D eigenvalue weighted by Gasteiger charge is -2.03. The van der Waals surface area contributed by atoms with Gasteiger partial charge >= 0.3 is 18.1 Å². The molecule has 0 saturated heterocycles. The van der Waals surface area contributed by atoms with Crippen LogP contribution in [0.5, 0.6) is 0 Å². The highest BCUT2D eigenvalue weighted by molar-refractivity contribution is 7.16. The number of ether oxygens (including phenoxy) is 1. The molecule has 2 aromatic rings. The summed E-state index contributed by atoms with van der Waals surface area (Å²) in [5.74, 6) is -3.50. The molecule has 0 unspecified atom stereocenters. The third-order valence-corrected chi connectivity index (χ3v) is 3.19. The van der Waals surface area contributed by atoms with Crippen LogP contribution in [0.2, 0.25) is 0 Å². The number of alkyl halides is 3. The van der Waals surface area contributed by atoms with Crippen molar-refractivity contribution in [1.82, 2.24) is 15.0 Å². The zero-order valence-electron chi connectivity index (χ0n) is 10.3. The first kappa shape index (κ1) is 15.0. The van der Waals surface area contributed by atoms with Gasteiger partial charge in [-0.2, -0.15) is 13.2 Å². The van der Waals surface area contributed by atoms with E-state index in [0.29, 0.717) is 16.3 Å². The first-order chi connectivity index (χ1) is 9.77. The molecule has 0 radical (unpaired) electrons. The fourth-order valence-corrected chi connectivity index (χ4v) is 1.97. The van der Waals surface area contributed by atoms with Crippen molar-refractivity contribution < 1.29 is 27.5 Å². The number of hydrogen-bond donors (Lipinski definition) is 0. The number of thiazole rings is 1. The van der Waals surface area contributed by atoms with Crippen LogP contribution in [0.4, 0.5) is 13.2 Å². The van der Waals surface area contributed by atoms with Gasteiger partial charge in [0.15, 0.2) is 0 Å². The van der Waals surface area contributed by atoms with Crippen LogP contribution in [-0.4, -0.2) is 33.1 Å². The maximum Gasteiger partial charge on any atom is 0.491 e. The summed E-state index contributed by atoms with van der Waals surface area (Å²) in [5.41, 5.74) is 0.541. The highest BCUT2D eigenvalue weighted by atomic mass is 32.1. The molecule has 10 heteroatoms. The predicted molar refractivity (Wildman–Crippen MR) is 64.4 cm³/mol.